The SMILES string of the molecule is Cc1cc(C(=O)NCC(=O)Nc2cccc(Cn3nc(C)cc3C)c2)n(C)n1. The number of nitrogens with one attached hydrogen (secondary N) is 2. The van der Waals surface area contributed by atoms with Crippen LogP contribution in [0.3, 0.4) is 0 Å². The zero-order valence-corrected chi connectivity index (χ0v) is 16.5. The molecule has 3 aromatic rings. The van der Waals surface area contributed by atoms with E-state index in [9.17, 15) is 9.59 Å². The van der Waals surface area contributed by atoms with Crippen LogP contribution in [0, 0.1) is 20.8 Å². The number of nitrogens with zero attached hydrogens (tertiary/aromatic N) is 4. The van der Waals surface area contributed by atoms with E-state index in [1.807, 2.05) is 55.8 Å². The summed E-state index contributed by atoms with van der Waals surface area (Å²) < 4.78 is 3.41. The van der Waals surface area contributed by atoms with Gasteiger partial charge >= 0.3 is 0 Å². The lowest BCUT2D eigenvalue weighted by Crippen LogP contribution is -2.33. The summed E-state index contributed by atoms with van der Waals surface area (Å²) in [4.78, 5) is 24.4. The molecule has 0 bridgehead atoms. The van der Waals surface area contributed by atoms with Crippen LogP contribution < -0.4 is 10.6 Å². The zero-order valence-electron chi connectivity index (χ0n) is 16.5. The highest BCUT2D eigenvalue weighted by molar-refractivity contribution is 5.98. The smallest absolute Gasteiger partial charge is 0.269 e. The van der Waals surface area contributed by atoms with Gasteiger partial charge in [-0.2, -0.15) is 10.2 Å². The largest absolute Gasteiger partial charge is 0.342 e. The first-order valence-electron chi connectivity index (χ1n) is 9.00. The Bertz CT molecular complexity index is 1020. The molecule has 2 heterocycles. The minimum atomic E-state index is -0.337. The number of carbonyl (C=O) groups excluding carboxylic acids is 2. The third kappa shape index (κ3) is 4.64. The number of benzene rings is 1. The maximum Gasteiger partial charge on any atom is 0.269 e. The van der Waals surface area contributed by atoms with Crippen molar-refractivity contribution in [3.8, 4) is 0 Å². The molecular formula is C20H24N6O2. The van der Waals surface area contributed by atoms with Crippen molar-refractivity contribution in [2.24, 2.45) is 7.05 Å². The van der Waals surface area contributed by atoms with Crippen LogP contribution in [0.5, 0.6) is 0 Å². The molecule has 0 radical (unpaired) electrons. The lowest BCUT2D eigenvalue weighted by atomic mass is 10.2. The highest BCUT2D eigenvalue weighted by atomic mass is 16.2. The average molecular weight is 380 g/mol. The number of anilines is 1. The summed E-state index contributed by atoms with van der Waals surface area (Å²) >= 11 is 0. The van der Waals surface area contributed by atoms with Gasteiger partial charge in [-0.1, -0.05) is 12.1 Å². The van der Waals surface area contributed by atoms with Crippen molar-refractivity contribution < 1.29 is 9.59 Å². The van der Waals surface area contributed by atoms with Crippen LogP contribution in [-0.4, -0.2) is 37.9 Å². The molecule has 0 aliphatic carbocycles. The molecule has 2 amide bonds. The third-order valence-electron chi connectivity index (χ3n) is 4.29. The molecule has 8 nitrogen and oxygen atoms in total. The van der Waals surface area contributed by atoms with E-state index in [2.05, 4.69) is 20.8 Å². The van der Waals surface area contributed by atoms with Crippen LogP contribution in [0.4, 0.5) is 5.69 Å². The summed E-state index contributed by atoms with van der Waals surface area (Å²) in [6.45, 7) is 6.28. The van der Waals surface area contributed by atoms with Gasteiger partial charge in [0.25, 0.3) is 5.91 Å². The van der Waals surface area contributed by atoms with Crippen molar-refractivity contribution in [1.82, 2.24) is 24.9 Å². The predicted molar refractivity (Wildman–Crippen MR) is 106 cm³/mol. The van der Waals surface area contributed by atoms with Gasteiger partial charge in [0.15, 0.2) is 0 Å². The Hall–Kier alpha value is -3.42. The Kier molecular flexibility index (Phi) is 5.58. The third-order valence-corrected chi connectivity index (χ3v) is 4.29. The Labute approximate surface area is 163 Å². The number of aryl methyl sites for hydroxylation is 4. The number of hydrogen-bond donors (Lipinski definition) is 2. The number of amides is 2. The molecule has 146 valence electrons. The van der Waals surface area contributed by atoms with E-state index in [0.717, 1.165) is 22.6 Å². The van der Waals surface area contributed by atoms with Crippen LogP contribution in [0.15, 0.2) is 36.4 Å². The van der Waals surface area contributed by atoms with Gasteiger partial charge in [-0.3, -0.25) is 19.0 Å². The van der Waals surface area contributed by atoms with Crippen molar-refractivity contribution in [3.63, 3.8) is 0 Å². The van der Waals surface area contributed by atoms with Crippen LogP contribution in [0.25, 0.3) is 0 Å². The summed E-state index contributed by atoms with van der Waals surface area (Å²) in [7, 11) is 1.69. The van der Waals surface area contributed by atoms with Gasteiger partial charge in [0.2, 0.25) is 5.91 Å². The van der Waals surface area contributed by atoms with Crippen molar-refractivity contribution in [3.05, 3.63) is 64.7 Å². The first-order valence-corrected chi connectivity index (χ1v) is 9.00. The monoisotopic (exact) mass is 380 g/mol. The van der Waals surface area contributed by atoms with Gasteiger partial charge in [0, 0.05) is 18.4 Å². The van der Waals surface area contributed by atoms with Crippen molar-refractivity contribution >= 4 is 17.5 Å². The average Bonchev–Trinajstić information content (AvgIpc) is 3.13. The fourth-order valence-electron chi connectivity index (χ4n) is 3.03. The summed E-state index contributed by atoms with van der Waals surface area (Å²) in [5, 5.41) is 14.0. The van der Waals surface area contributed by atoms with E-state index in [1.165, 1.54) is 4.68 Å². The van der Waals surface area contributed by atoms with E-state index in [1.54, 1.807) is 13.1 Å². The summed E-state index contributed by atoms with van der Waals surface area (Å²) in [6.07, 6.45) is 0. The molecule has 0 fully saturated rings. The first-order chi connectivity index (χ1) is 13.3. The number of aromatic nitrogens is 4. The predicted octanol–water partition coefficient (Wildman–Crippen LogP) is 1.96. The second-order valence-corrected chi connectivity index (χ2v) is 6.81. The summed E-state index contributed by atoms with van der Waals surface area (Å²) in [5.41, 5.74) is 4.92. The molecule has 8 heteroatoms. The van der Waals surface area contributed by atoms with E-state index in [4.69, 9.17) is 0 Å². The van der Waals surface area contributed by atoms with Crippen molar-refractivity contribution in [2.75, 3.05) is 11.9 Å². The standard InChI is InChI=1S/C20H24N6O2/c1-13-8-15(3)26(24-13)12-16-6-5-7-17(10-16)22-19(27)11-21-20(28)18-9-14(2)23-25(18)4/h5-10H,11-12H2,1-4H3,(H,21,28)(H,22,27). The Balaban J connectivity index is 1.57. The number of rotatable bonds is 6. The first kappa shape index (κ1) is 19.3. The van der Waals surface area contributed by atoms with E-state index < -0.39 is 0 Å². The van der Waals surface area contributed by atoms with Gasteiger partial charge in [-0.25, -0.2) is 0 Å². The topological polar surface area (TPSA) is 93.8 Å². The maximum atomic E-state index is 12.2. The van der Waals surface area contributed by atoms with Gasteiger partial charge in [0.05, 0.1) is 24.5 Å². The fraction of sp³-hybridized carbons (Fsp3) is 0.300. The zero-order chi connectivity index (χ0) is 20.3. The van der Waals surface area contributed by atoms with Gasteiger partial charge < -0.3 is 10.6 Å². The van der Waals surface area contributed by atoms with Crippen LogP contribution >= 0.6 is 0 Å². The lowest BCUT2D eigenvalue weighted by molar-refractivity contribution is -0.115. The molecule has 2 N–H and O–H groups in total. The molecule has 0 atom stereocenters. The molecule has 0 saturated carbocycles. The van der Waals surface area contributed by atoms with Crippen LogP contribution in [0.2, 0.25) is 0 Å². The fourth-order valence-corrected chi connectivity index (χ4v) is 3.03. The molecule has 0 aliphatic rings. The Morgan fingerprint density at radius 3 is 2.43 bits per heavy atom. The Morgan fingerprint density at radius 1 is 1.04 bits per heavy atom. The molecule has 28 heavy (non-hydrogen) atoms. The molecule has 0 unspecified atom stereocenters. The van der Waals surface area contributed by atoms with E-state index >= 15 is 0 Å². The Morgan fingerprint density at radius 2 is 1.79 bits per heavy atom. The highest BCUT2D eigenvalue weighted by Gasteiger charge is 2.13. The van der Waals surface area contributed by atoms with Crippen LogP contribution in [-0.2, 0) is 18.4 Å². The normalized spacial score (nSPS) is 10.7. The molecule has 0 aliphatic heterocycles. The number of carbonyl (C=O) groups is 2. The number of hydrogen-bond acceptors (Lipinski definition) is 4. The molecule has 0 spiro atoms. The summed E-state index contributed by atoms with van der Waals surface area (Å²) in [5.74, 6) is -0.632. The summed E-state index contributed by atoms with van der Waals surface area (Å²) in [6, 6.07) is 11.3. The van der Waals surface area contributed by atoms with Crippen LogP contribution in [0.1, 0.15) is 33.1 Å². The maximum absolute atomic E-state index is 12.2. The van der Waals surface area contributed by atoms with Gasteiger partial charge in [-0.15, -0.1) is 0 Å². The second kappa shape index (κ2) is 8.08. The molecule has 3 rings (SSSR count). The molecule has 2 aromatic heterocycles. The van der Waals surface area contributed by atoms with Crippen molar-refractivity contribution in [2.45, 2.75) is 27.3 Å². The molecule has 0 saturated heterocycles. The van der Waals surface area contributed by atoms with E-state index in [0.29, 0.717) is 17.9 Å². The molecule has 1 aromatic carbocycles. The second-order valence-electron chi connectivity index (χ2n) is 6.81. The highest BCUT2D eigenvalue weighted by Crippen LogP contribution is 2.13. The van der Waals surface area contributed by atoms with Gasteiger partial charge in [-0.05, 0) is 50.6 Å². The van der Waals surface area contributed by atoms with Crippen molar-refractivity contribution in [1.29, 1.82) is 0 Å². The minimum Gasteiger partial charge on any atom is -0.342 e. The minimum absolute atomic E-state index is 0.120. The van der Waals surface area contributed by atoms with E-state index in [-0.39, 0.29) is 18.4 Å². The quantitative estimate of drug-likeness (QED) is 0.684. The van der Waals surface area contributed by atoms with Gasteiger partial charge in [0.1, 0.15) is 5.69 Å². The lowest BCUT2D eigenvalue weighted by Gasteiger charge is -2.09. The molecular weight excluding hydrogens is 356 g/mol.